The summed E-state index contributed by atoms with van der Waals surface area (Å²) in [4.78, 5) is 22.2. The van der Waals surface area contributed by atoms with Crippen LogP contribution in [0.15, 0.2) is 48.5 Å². The van der Waals surface area contributed by atoms with Crippen LogP contribution in [0.3, 0.4) is 0 Å². The molecule has 0 fully saturated rings. The summed E-state index contributed by atoms with van der Waals surface area (Å²) in [6.45, 7) is 1.54. The molecular weight excluding hydrogens is 318 g/mol. The number of amides is 1. The smallest absolute Gasteiger partial charge is 0.243 e. The number of carbonyl (C=O) groups is 2. The van der Waals surface area contributed by atoms with Crippen LogP contribution in [0.1, 0.15) is 54.6 Å². The first kappa shape index (κ1) is 18.8. The Morgan fingerprint density at radius 3 is 2.04 bits per heavy atom. The molecule has 0 aliphatic heterocycles. The Bertz CT molecular complexity index is 707. The molecule has 2 aromatic carbocycles. The van der Waals surface area contributed by atoms with Gasteiger partial charge in [-0.25, -0.2) is 5.48 Å². The summed E-state index contributed by atoms with van der Waals surface area (Å²) in [5.41, 5.74) is 5.15. The average Bonchev–Trinajstić information content (AvgIpc) is 2.65. The van der Waals surface area contributed by atoms with E-state index in [0.717, 1.165) is 16.7 Å². The van der Waals surface area contributed by atoms with E-state index in [2.05, 4.69) is 0 Å². The summed E-state index contributed by atoms with van der Waals surface area (Å²) in [5, 5.41) is 18.6. The van der Waals surface area contributed by atoms with E-state index in [4.69, 9.17) is 5.21 Å². The van der Waals surface area contributed by atoms with Gasteiger partial charge in [-0.3, -0.25) is 14.8 Å². The number of Topliss-reactive ketones (excluding diaryl/α,β-unsaturated/α-hetero) is 1. The van der Waals surface area contributed by atoms with Crippen LogP contribution in [0.5, 0.6) is 0 Å². The molecule has 5 nitrogen and oxygen atoms in total. The number of benzene rings is 2. The summed E-state index contributed by atoms with van der Waals surface area (Å²) in [6.07, 6.45) is 1.54. The third-order valence-electron chi connectivity index (χ3n) is 4.18. The second kappa shape index (κ2) is 9.11. The van der Waals surface area contributed by atoms with Gasteiger partial charge in [-0.15, -0.1) is 0 Å². The number of hydroxylamine groups is 1. The van der Waals surface area contributed by atoms with Gasteiger partial charge in [0.15, 0.2) is 5.78 Å². The van der Waals surface area contributed by atoms with Crippen LogP contribution in [0.4, 0.5) is 0 Å². The van der Waals surface area contributed by atoms with Crippen LogP contribution < -0.4 is 5.48 Å². The third-order valence-corrected chi connectivity index (χ3v) is 4.18. The van der Waals surface area contributed by atoms with Crippen molar-refractivity contribution < 1.29 is 19.9 Å². The maximum absolute atomic E-state index is 11.3. The Morgan fingerprint density at radius 1 is 0.960 bits per heavy atom. The molecule has 0 aromatic heterocycles. The van der Waals surface area contributed by atoms with Gasteiger partial charge in [0.1, 0.15) is 0 Å². The highest BCUT2D eigenvalue weighted by molar-refractivity contribution is 5.94. The lowest BCUT2D eigenvalue weighted by molar-refractivity contribution is -0.129. The lowest BCUT2D eigenvalue weighted by Gasteiger charge is -2.12. The molecule has 5 heteroatoms. The van der Waals surface area contributed by atoms with Gasteiger partial charge in [0.25, 0.3) is 0 Å². The van der Waals surface area contributed by atoms with Crippen LogP contribution in [-0.2, 0) is 4.79 Å². The van der Waals surface area contributed by atoms with Gasteiger partial charge in [0.05, 0.1) is 6.10 Å². The molecule has 0 bridgehead atoms. The molecule has 25 heavy (non-hydrogen) atoms. The van der Waals surface area contributed by atoms with Gasteiger partial charge in [-0.1, -0.05) is 55.0 Å². The maximum atomic E-state index is 11.3. The zero-order chi connectivity index (χ0) is 18.2. The molecule has 0 heterocycles. The van der Waals surface area contributed by atoms with Crippen LogP contribution >= 0.6 is 0 Å². The van der Waals surface area contributed by atoms with Gasteiger partial charge in [-0.05, 0) is 36.5 Å². The predicted molar refractivity (Wildman–Crippen MR) is 95.2 cm³/mol. The summed E-state index contributed by atoms with van der Waals surface area (Å²) in [6, 6.07) is 15.1. The largest absolute Gasteiger partial charge is 0.388 e. The molecule has 0 spiro atoms. The number of hydrogen-bond donors (Lipinski definition) is 3. The van der Waals surface area contributed by atoms with E-state index >= 15 is 0 Å². The molecule has 0 saturated carbocycles. The molecule has 0 aliphatic rings. The van der Waals surface area contributed by atoms with E-state index in [1.807, 2.05) is 48.5 Å². The fourth-order valence-electron chi connectivity index (χ4n) is 2.64. The molecule has 1 unspecified atom stereocenters. The van der Waals surface area contributed by atoms with E-state index in [0.29, 0.717) is 24.8 Å². The SMILES string of the molecule is CC(=O)c1ccc(-c2ccc(C(O)CCCCC(=O)NO)cc2)cc1. The Morgan fingerprint density at radius 2 is 1.52 bits per heavy atom. The van der Waals surface area contributed by atoms with Crippen LogP contribution in [0, 0.1) is 0 Å². The van der Waals surface area contributed by atoms with E-state index < -0.39 is 12.0 Å². The van der Waals surface area contributed by atoms with Gasteiger partial charge < -0.3 is 5.11 Å². The minimum Gasteiger partial charge on any atom is -0.388 e. The Hall–Kier alpha value is -2.50. The minimum atomic E-state index is -0.577. The number of aliphatic hydroxyl groups excluding tert-OH is 1. The van der Waals surface area contributed by atoms with Crippen LogP contribution in [-0.4, -0.2) is 22.0 Å². The highest BCUT2D eigenvalue weighted by Gasteiger charge is 2.09. The summed E-state index contributed by atoms with van der Waals surface area (Å²) < 4.78 is 0. The van der Waals surface area contributed by atoms with E-state index in [1.165, 1.54) is 0 Å². The quantitative estimate of drug-likeness (QED) is 0.296. The number of aliphatic hydroxyl groups is 1. The normalized spacial score (nSPS) is 11.8. The Balaban J connectivity index is 1.92. The Labute approximate surface area is 147 Å². The molecule has 0 radical (unpaired) electrons. The van der Waals surface area contributed by atoms with Gasteiger partial charge in [0, 0.05) is 12.0 Å². The maximum Gasteiger partial charge on any atom is 0.243 e. The third kappa shape index (κ3) is 5.52. The molecule has 0 saturated heterocycles. The van der Waals surface area contributed by atoms with E-state index in [-0.39, 0.29) is 12.2 Å². The predicted octanol–water partition coefficient (Wildman–Crippen LogP) is 3.66. The monoisotopic (exact) mass is 341 g/mol. The molecule has 1 atom stereocenters. The lowest BCUT2D eigenvalue weighted by atomic mass is 9.98. The first-order valence-electron chi connectivity index (χ1n) is 8.33. The second-order valence-electron chi connectivity index (χ2n) is 6.05. The van der Waals surface area contributed by atoms with Crippen molar-refractivity contribution >= 4 is 11.7 Å². The number of nitrogens with one attached hydrogen (secondary N) is 1. The van der Waals surface area contributed by atoms with Crippen molar-refractivity contribution in [1.29, 1.82) is 0 Å². The number of hydrogen-bond acceptors (Lipinski definition) is 4. The second-order valence-corrected chi connectivity index (χ2v) is 6.05. The fourth-order valence-corrected chi connectivity index (χ4v) is 2.64. The molecule has 1 amide bonds. The van der Waals surface area contributed by atoms with Crippen molar-refractivity contribution in [3.63, 3.8) is 0 Å². The Kier molecular flexibility index (Phi) is 6.86. The standard InChI is InChI=1S/C20H23NO4/c1-14(22)15-6-8-16(9-7-15)17-10-12-18(13-11-17)19(23)4-2-3-5-20(24)21-25/h6-13,19,23,25H,2-5H2,1H3,(H,21,24). The van der Waals surface area contributed by atoms with E-state index in [9.17, 15) is 14.7 Å². The van der Waals surface area contributed by atoms with Crippen molar-refractivity contribution in [2.24, 2.45) is 0 Å². The van der Waals surface area contributed by atoms with Crippen molar-refractivity contribution in [2.75, 3.05) is 0 Å². The van der Waals surface area contributed by atoms with Crippen molar-refractivity contribution in [3.05, 3.63) is 59.7 Å². The van der Waals surface area contributed by atoms with Crippen LogP contribution in [0.2, 0.25) is 0 Å². The first-order chi connectivity index (χ1) is 12.0. The van der Waals surface area contributed by atoms with Crippen molar-refractivity contribution in [3.8, 4) is 11.1 Å². The lowest BCUT2D eigenvalue weighted by Crippen LogP contribution is -2.17. The van der Waals surface area contributed by atoms with Crippen molar-refractivity contribution in [2.45, 2.75) is 38.7 Å². The zero-order valence-corrected chi connectivity index (χ0v) is 14.2. The summed E-state index contributed by atoms with van der Waals surface area (Å²) in [5.74, 6) is -0.365. The van der Waals surface area contributed by atoms with Crippen molar-refractivity contribution in [1.82, 2.24) is 5.48 Å². The highest BCUT2D eigenvalue weighted by Crippen LogP contribution is 2.25. The fraction of sp³-hybridized carbons (Fsp3) is 0.300. The summed E-state index contributed by atoms with van der Waals surface area (Å²) in [7, 11) is 0. The molecular formula is C20H23NO4. The number of unbranched alkanes of at least 4 members (excludes halogenated alkanes) is 1. The summed E-state index contributed by atoms with van der Waals surface area (Å²) >= 11 is 0. The molecule has 3 N–H and O–H groups in total. The number of ketones is 1. The highest BCUT2D eigenvalue weighted by atomic mass is 16.5. The van der Waals surface area contributed by atoms with Gasteiger partial charge in [-0.2, -0.15) is 0 Å². The topological polar surface area (TPSA) is 86.6 Å². The van der Waals surface area contributed by atoms with Gasteiger partial charge in [0.2, 0.25) is 5.91 Å². The van der Waals surface area contributed by atoms with Crippen LogP contribution in [0.25, 0.3) is 11.1 Å². The molecule has 2 rings (SSSR count). The average molecular weight is 341 g/mol. The number of rotatable bonds is 8. The molecule has 132 valence electrons. The minimum absolute atomic E-state index is 0.0430. The first-order valence-corrected chi connectivity index (χ1v) is 8.33. The van der Waals surface area contributed by atoms with Gasteiger partial charge >= 0.3 is 0 Å². The molecule has 2 aromatic rings. The molecule has 0 aliphatic carbocycles. The van der Waals surface area contributed by atoms with E-state index in [1.54, 1.807) is 12.4 Å². The zero-order valence-electron chi connectivity index (χ0n) is 14.2. The number of carbonyl (C=O) groups excluding carboxylic acids is 2.